The number of aromatic nitrogens is 2. The Morgan fingerprint density at radius 3 is 2.52 bits per heavy atom. The fourth-order valence-electron chi connectivity index (χ4n) is 3.55. The highest BCUT2D eigenvalue weighted by atomic mass is 15.4. The molecule has 1 aromatic heterocycles. The van der Waals surface area contributed by atoms with Crippen molar-refractivity contribution < 1.29 is 0 Å². The molecule has 0 radical (unpaired) electrons. The number of hydrogen-bond donors (Lipinski definition) is 1. The van der Waals surface area contributed by atoms with E-state index < -0.39 is 0 Å². The van der Waals surface area contributed by atoms with E-state index in [1.54, 1.807) is 0 Å². The minimum Gasteiger partial charge on any atom is -0.354 e. The van der Waals surface area contributed by atoms with E-state index >= 15 is 0 Å². The summed E-state index contributed by atoms with van der Waals surface area (Å²) in [6, 6.07) is 20.5. The zero-order chi connectivity index (χ0) is 18.8. The predicted molar refractivity (Wildman–Crippen MR) is 108 cm³/mol. The second-order valence-electron chi connectivity index (χ2n) is 7.17. The topological polar surface area (TPSA) is 70.9 Å². The Labute approximate surface area is 159 Å². The first-order valence-corrected chi connectivity index (χ1v) is 9.32. The van der Waals surface area contributed by atoms with E-state index in [9.17, 15) is 0 Å². The van der Waals surface area contributed by atoms with Crippen molar-refractivity contribution in [2.75, 3.05) is 18.0 Å². The predicted octanol–water partition coefficient (Wildman–Crippen LogP) is 3.65. The Morgan fingerprint density at radius 2 is 1.85 bits per heavy atom. The van der Waals surface area contributed by atoms with Crippen molar-refractivity contribution in [1.82, 2.24) is 9.78 Å². The molecule has 1 fully saturated rings. The Bertz CT molecular complexity index is 963. The van der Waals surface area contributed by atoms with Crippen molar-refractivity contribution in [3.05, 3.63) is 65.7 Å². The lowest BCUT2D eigenvalue weighted by Gasteiger charge is -2.30. The number of nitrogens with zero attached hydrogens (tertiary/aromatic N) is 4. The van der Waals surface area contributed by atoms with Gasteiger partial charge in [-0.3, -0.25) is 0 Å². The molecule has 0 aliphatic carbocycles. The molecule has 5 nitrogen and oxygen atoms in total. The van der Waals surface area contributed by atoms with Crippen molar-refractivity contribution in [1.29, 1.82) is 5.26 Å². The maximum Gasteiger partial charge on any atom is 0.151 e. The molecule has 27 heavy (non-hydrogen) atoms. The highest BCUT2D eigenvalue weighted by Gasteiger charge is 2.21. The maximum absolute atomic E-state index is 9.07. The Hall–Kier alpha value is -3.10. The van der Waals surface area contributed by atoms with E-state index in [2.05, 4.69) is 48.2 Å². The van der Waals surface area contributed by atoms with Crippen molar-refractivity contribution in [3.8, 4) is 23.0 Å². The van der Waals surface area contributed by atoms with E-state index in [0.717, 1.165) is 48.7 Å². The molecule has 1 aliphatic heterocycles. The van der Waals surface area contributed by atoms with Crippen molar-refractivity contribution in [3.63, 3.8) is 0 Å². The minimum absolute atomic E-state index is 0.196. The zero-order valence-corrected chi connectivity index (χ0v) is 15.5. The minimum atomic E-state index is 0.196. The molecular formula is C22H23N5. The number of piperidine rings is 1. The van der Waals surface area contributed by atoms with Gasteiger partial charge in [0.25, 0.3) is 0 Å². The smallest absolute Gasteiger partial charge is 0.151 e. The third-order valence-corrected chi connectivity index (χ3v) is 5.07. The standard InChI is InChI=1S/C22H23N5/c1-16-4-8-18(9-5-16)21-13-22(26-12-2-3-19(24)15-26)25-27(21)20-10-6-17(14-23)7-11-20/h4-11,13,19H,2-3,12,15,24H2,1H3. The molecule has 0 spiro atoms. The molecule has 1 saturated heterocycles. The summed E-state index contributed by atoms with van der Waals surface area (Å²) in [5.41, 5.74) is 11.1. The van der Waals surface area contributed by atoms with E-state index in [1.807, 2.05) is 28.9 Å². The van der Waals surface area contributed by atoms with Gasteiger partial charge in [-0.05, 0) is 44.0 Å². The van der Waals surface area contributed by atoms with Crippen LogP contribution in [-0.2, 0) is 0 Å². The average Bonchev–Trinajstić information content (AvgIpc) is 3.14. The van der Waals surface area contributed by atoms with Crippen LogP contribution >= 0.6 is 0 Å². The molecule has 3 aromatic rings. The Morgan fingerprint density at radius 1 is 1.11 bits per heavy atom. The number of nitrogens with two attached hydrogens (primary N) is 1. The molecule has 4 rings (SSSR count). The highest BCUT2D eigenvalue weighted by Crippen LogP contribution is 2.29. The van der Waals surface area contributed by atoms with Gasteiger partial charge in [0.1, 0.15) is 0 Å². The van der Waals surface area contributed by atoms with Crippen LogP contribution in [0.3, 0.4) is 0 Å². The number of rotatable bonds is 3. The summed E-state index contributed by atoms with van der Waals surface area (Å²) in [7, 11) is 0. The monoisotopic (exact) mass is 357 g/mol. The average molecular weight is 357 g/mol. The van der Waals surface area contributed by atoms with E-state index in [1.165, 1.54) is 5.56 Å². The fourth-order valence-corrected chi connectivity index (χ4v) is 3.55. The molecule has 2 heterocycles. The molecule has 0 bridgehead atoms. The van der Waals surface area contributed by atoms with Crippen molar-refractivity contribution >= 4 is 5.82 Å². The SMILES string of the molecule is Cc1ccc(-c2cc(N3CCCC(N)C3)nn2-c2ccc(C#N)cc2)cc1. The first-order valence-electron chi connectivity index (χ1n) is 9.32. The lowest BCUT2D eigenvalue weighted by molar-refractivity contribution is 0.502. The van der Waals surface area contributed by atoms with E-state index in [4.69, 9.17) is 16.1 Å². The Kier molecular flexibility index (Phi) is 4.66. The summed E-state index contributed by atoms with van der Waals surface area (Å²) in [6.45, 7) is 3.89. The van der Waals surface area contributed by atoms with Gasteiger partial charge in [-0.2, -0.15) is 5.26 Å². The van der Waals surface area contributed by atoms with Gasteiger partial charge >= 0.3 is 0 Å². The zero-order valence-electron chi connectivity index (χ0n) is 15.5. The van der Waals surface area contributed by atoms with Gasteiger partial charge in [-0.25, -0.2) is 4.68 Å². The number of aryl methyl sites for hydroxylation is 1. The lowest BCUT2D eigenvalue weighted by atomic mass is 10.1. The van der Waals surface area contributed by atoms with Crippen LogP contribution in [0.4, 0.5) is 5.82 Å². The summed E-state index contributed by atoms with van der Waals surface area (Å²) < 4.78 is 1.96. The first-order chi connectivity index (χ1) is 13.1. The van der Waals surface area contributed by atoms with Crippen LogP contribution in [0.1, 0.15) is 24.0 Å². The normalized spacial score (nSPS) is 16.9. The van der Waals surface area contributed by atoms with Crippen LogP contribution in [0.25, 0.3) is 16.9 Å². The molecule has 2 aromatic carbocycles. The van der Waals surface area contributed by atoms with Gasteiger partial charge in [-0.1, -0.05) is 29.8 Å². The molecule has 2 N–H and O–H groups in total. The summed E-state index contributed by atoms with van der Waals surface area (Å²) in [4.78, 5) is 2.27. The molecule has 0 saturated carbocycles. The fraction of sp³-hybridized carbons (Fsp3) is 0.273. The summed E-state index contributed by atoms with van der Waals surface area (Å²) in [5.74, 6) is 0.949. The highest BCUT2D eigenvalue weighted by molar-refractivity contribution is 5.67. The van der Waals surface area contributed by atoms with Crippen molar-refractivity contribution in [2.24, 2.45) is 5.73 Å². The third kappa shape index (κ3) is 3.57. The van der Waals surface area contributed by atoms with Gasteiger partial charge in [0, 0.05) is 30.8 Å². The molecule has 1 unspecified atom stereocenters. The van der Waals surface area contributed by atoms with Gasteiger partial charge in [0.05, 0.1) is 23.0 Å². The molecule has 136 valence electrons. The Balaban J connectivity index is 1.79. The van der Waals surface area contributed by atoms with Crippen LogP contribution in [0.15, 0.2) is 54.6 Å². The molecule has 5 heteroatoms. The van der Waals surface area contributed by atoms with Crippen LogP contribution in [0.5, 0.6) is 0 Å². The van der Waals surface area contributed by atoms with Crippen LogP contribution in [0.2, 0.25) is 0 Å². The van der Waals surface area contributed by atoms with Crippen LogP contribution in [0, 0.1) is 18.3 Å². The molecular weight excluding hydrogens is 334 g/mol. The first kappa shape index (κ1) is 17.3. The van der Waals surface area contributed by atoms with Crippen molar-refractivity contribution in [2.45, 2.75) is 25.8 Å². The van der Waals surface area contributed by atoms with E-state index in [0.29, 0.717) is 5.56 Å². The summed E-state index contributed by atoms with van der Waals surface area (Å²) >= 11 is 0. The second-order valence-corrected chi connectivity index (χ2v) is 7.17. The van der Waals surface area contributed by atoms with Gasteiger partial charge in [0.2, 0.25) is 0 Å². The molecule has 0 amide bonds. The van der Waals surface area contributed by atoms with Crippen LogP contribution < -0.4 is 10.6 Å². The lowest BCUT2D eigenvalue weighted by Crippen LogP contribution is -2.43. The largest absolute Gasteiger partial charge is 0.354 e. The number of hydrogen-bond acceptors (Lipinski definition) is 4. The van der Waals surface area contributed by atoms with Crippen LogP contribution in [-0.4, -0.2) is 28.9 Å². The number of benzene rings is 2. The quantitative estimate of drug-likeness (QED) is 0.777. The van der Waals surface area contributed by atoms with Gasteiger partial charge in [0.15, 0.2) is 5.82 Å². The summed E-state index contributed by atoms with van der Waals surface area (Å²) in [5, 5.41) is 14.0. The summed E-state index contributed by atoms with van der Waals surface area (Å²) in [6.07, 6.45) is 2.16. The molecule has 1 atom stereocenters. The van der Waals surface area contributed by atoms with Gasteiger partial charge in [-0.15, -0.1) is 5.10 Å². The maximum atomic E-state index is 9.07. The number of nitriles is 1. The molecule has 1 aliphatic rings. The van der Waals surface area contributed by atoms with E-state index in [-0.39, 0.29) is 6.04 Å². The number of anilines is 1. The second kappa shape index (κ2) is 7.26. The third-order valence-electron chi connectivity index (χ3n) is 5.07. The van der Waals surface area contributed by atoms with Gasteiger partial charge < -0.3 is 10.6 Å².